The molecule has 2 aromatic carbocycles. The van der Waals surface area contributed by atoms with Crippen LogP contribution in [-0.2, 0) is 26.3 Å². The fourth-order valence-corrected chi connectivity index (χ4v) is 3.19. The Balaban J connectivity index is 1.44. The van der Waals surface area contributed by atoms with Crippen LogP contribution >= 0.6 is 0 Å². The van der Waals surface area contributed by atoms with Crippen LogP contribution < -0.4 is 0 Å². The van der Waals surface area contributed by atoms with Crippen molar-refractivity contribution < 1.29 is 0 Å². The van der Waals surface area contributed by atoms with E-state index in [1.165, 1.54) is 16.7 Å². The van der Waals surface area contributed by atoms with E-state index in [1.54, 1.807) is 0 Å². The van der Waals surface area contributed by atoms with Crippen LogP contribution in [0.1, 0.15) is 22.3 Å². The summed E-state index contributed by atoms with van der Waals surface area (Å²) in [6.07, 6.45) is 10.7. The molecular weight excluding hydrogens is 332 g/mol. The van der Waals surface area contributed by atoms with Crippen LogP contribution in [-0.4, -0.2) is 19.7 Å². The smallest absolute Gasteiger partial charge is 0.159 e. The zero-order chi connectivity index (χ0) is 18.5. The van der Waals surface area contributed by atoms with Gasteiger partial charge in [0.05, 0.1) is 6.20 Å². The van der Waals surface area contributed by atoms with Crippen molar-refractivity contribution in [2.45, 2.75) is 19.3 Å². The average Bonchev–Trinajstić information content (AvgIpc) is 3.12. The van der Waals surface area contributed by atoms with Crippen LogP contribution in [0.3, 0.4) is 0 Å². The van der Waals surface area contributed by atoms with Crippen molar-refractivity contribution >= 4 is 0 Å². The minimum Gasteiger partial charge on any atom is -0.276 e. The fraction of sp³-hybridized carbons (Fsp3) is 0.174. The molecule has 0 radical (unpaired) electrons. The first-order valence-corrected chi connectivity index (χ1v) is 9.18. The quantitative estimate of drug-likeness (QED) is 0.520. The van der Waals surface area contributed by atoms with E-state index in [1.807, 2.05) is 42.6 Å². The van der Waals surface area contributed by atoms with Crippen molar-refractivity contribution in [3.05, 3.63) is 102 Å². The summed E-state index contributed by atoms with van der Waals surface area (Å²) >= 11 is 0. The number of hydrogen-bond donors (Lipinski definition) is 0. The summed E-state index contributed by atoms with van der Waals surface area (Å²) in [6, 6.07) is 18.9. The lowest BCUT2D eigenvalue weighted by Crippen LogP contribution is -1.96. The Morgan fingerprint density at radius 2 is 1.48 bits per heavy atom. The predicted molar refractivity (Wildman–Crippen MR) is 107 cm³/mol. The van der Waals surface area contributed by atoms with E-state index in [-0.39, 0.29) is 0 Å². The van der Waals surface area contributed by atoms with Gasteiger partial charge in [-0.2, -0.15) is 5.10 Å². The van der Waals surface area contributed by atoms with Gasteiger partial charge < -0.3 is 0 Å². The van der Waals surface area contributed by atoms with Crippen LogP contribution in [0.25, 0.3) is 11.4 Å². The first-order chi connectivity index (χ1) is 13.3. The summed E-state index contributed by atoms with van der Waals surface area (Å²) in [4.78, 5) is 9.17. The van der Waals surface area contributed by atoms with Gasteiger partial charge in [-0.15, -0.1) is 0 Å². The maximum absolute atomic E-state index is 4.59. The Hall–Kier alpha value is -3.27. The molecule has 0 bridgehead atoms. The van der Waals surface area contributed by atoms with Crippen molar-refractivity contribution in [1.82, 2.24) is 19.7 Å². The lowest BCUT2D eigenvalue weighted by atomic mass is 10.0. The topological polar surface area (TPSA) is 43.6 Å². The van der Waals surface area contributed by atoms with Gasteiger partial charge in [0.25, 0.3) is 0 Å². The number of aryl methyl sites for hydroxylation is 3. The van der Waals surface area contributed by atoms with Crippen molar-refractivity contribution in [2.75, 3.05) is 0 Å². The van der Waals surface area contributed by atoms with Gasteiger partial charge in [-0.3, -0.25) is 4.68 Å². The monoisotopic (exact) mass is 354 g/mol. The molecule has 0 spiro atoms. The normalized spacial score (nSPS) is 10.9. The molecular formula is C23H22N4. The van der Waals surface area contributed by atoms with E-state index < -0.39 is 0 Å². The standard InChI is InChI=1S/C23H22N4/c1-27-17-21(16-26-27)12-19-8-5-9-22(13-19)23-24-14-20(15-25-23)11-10-18-6-3-2-4-7-18/h2-9,13-17H,10-12H2,1H3. The number of benzene rings is 2. The second-order valence-corrected chi connectivity index (χ2v) is 6.80. The zero-order valence-corrected chi connectivity index (χ0v) is 15.4. The third kappa shape index (κ3) is 4.47. The van der Waals surface area contributed by atoms with Gasteiger partial charge in [0.1, 0.15) is 0 Å². The molecule has 0 aliphatic heterocycles. The Labute approximate surface area is 159 Å². The number of nitrogens with zero attached hydrogens (tertiary/aromatic N) is 4. The van der Waals surface area contributed by atoms with E-state index in [9.17, 15) is 0 Å². The number of rotatable bonds is 6. The van der Waals surface area contributed by atoms with Gasteiger partial charge in [-0.25, -0.2) is 9.97 Å². The second-order valence-electron chi connectivity index (χ2n) is 6.80. The molecule has 4 nitrogen and oxygen atoms in total. The lowest BCUT2D eigenvalue weighted by molar-refractivity contribution is 0.767. The molecule has 0 saturated carbocycles. The van der Waals surface area contributed by atoms with Crippen LogP contribution in [0.5, 0.6) is 0 Å². The molecule has 4 rings (SSSR count). The lowest BCUT2D eigenvalue weighted by Gasteiger charge is -2.05. The van der Waals surface area contributed by atoms with E-state index in [4.69, 9.17) is 0 Å². The third-order valence-electron chi connectivity index (χ3n) is 4.60. The van der Waals surface area contributed by atoms with Crippen molar-refractivity contribution in [3.63, 3.8) is 0 Å². The molecule has 4 aromatic rings. The molecule has 4 heteroatoms. The van der Waals surface area contributed by atoms with Crippen LogP contribution in [0.4, 0.5) is 0 Å². The molecule has 0 unspecified atom stereocenters. The van der Waals surface area contributed by atoms with Gasteiger partial charge in [0, 0.05) is 37.6 Å². The molecule has 0 atom stereocenters. The van der Waals surface area contributed by atoms with E-state index in [0.717, 1.165) is 36.2 Å². The van der Waals surface area contributed by atoms with E-state index in [2.05, 4.69) is 63.6 Å². The number of hydrogen-bond acceptors (Lipinski definition) is 3. The molecule has 2 aromatic heterocycles. The molecule has 134 valence electrons. The van der Waals surface area contributed by atoms with Gasteiger partial charge in [-0.05, 0) is 41.2 Å². The minimum atomic E-state index is 0.770. The van der Waals surface area contributed by atoms with E-state index in [0.29, 0.717) is 0 Å². The van der Waals surface area contributed by atoms with Gasteiger partial charge in [0.2, 0.25) is 0 Å². The summed E-state index contributed by atoms with van der Waals surface area (Å²) in [7, 11) is 1.94. The predicted octanol–water partition coefficient (Wildman–Crippen LogP) is 4.25. The third-order valence-corrected chi connectivity index (χ3v) is 4.60. The van der Waals surface area contributed by atoms with Gasteiger partial charge >= 0.3 is 0 Å². The summed E-state index contributed by atoms with van der Waals surface area (Å²) in [5.41, 5.74) is 5.98. The van der Waals surface area contributed by atoms with Gasteiger partial charge in [-0.1, -0.05) is 48.5 Å². The highest BCUT2D eigenvalue weighted by Gasteiger charge is 2.05. The Morgan fingerprint density at radius 1 is 0.741 bits per heavy atom. The largest absolute Gasteiger partial charge is 0.276 e. The SMILES string of the molecule is Cn1cc(Cc2cccc(-c3ncc(CCc4ccccc4)cn3)c2)cn1. The van der Waals surface area contributed by atoms with E-state index >= 15 is 0 Å². The van der Waals surface area contributed by atoms with Crippen LogP contribution in [0, 0.1) is 0 Å². The van der Waals surface area contributed by atoms with Crippen LogP contribution in [0.15, 0.2) is 79.4 Å². The maximum atomic E-state index is 4.59. The highest BCUT2D eigenvalue weighted by molar-refractivity contribution is 5.56. The summed E-state index contributed by atoms with van der Waals surface area (Å²) in [6.45, 7) is 0. The van der Waals surface area contributed by atoms with Crippen molar-refractivity contribution in [2.24, 2.45) is 7.05 Å². The molecule has 0 amide bonds. The molecule has 0 fully saturated rings. The van der Waals surface area contributed by atoms with Crippen LogP contribution in [0.2, 0.25) is 0 Å². The Morgan fingerprint density at radius 3 is 2.22 bits per heavy atom. The highest BCUT2D eigenvalue weighted by Crippen LogP contribution is 2.18. The summed E-state index contributed by atoms with van der Waals surface area (Å²) < 4.78 is 1.83. The Kier molecular flexibility index (Phi) is 5.06. The second kappa shape index (κ2) is 7.96. The van der Waals surface area contributed by atoms with Crippen molar-refractivity contribution in [3.8, 4) is 11.4 Å². The molecule has 0 aliphatic carbocycles. The molecule has 0 aliphatic rings. The molecule has 2 heterocycles. The first kappa shape index (κ1) is 17.2. The fourth-order valence-electron chi connectivity index (χ4n) is 3.19. The number of aromatic nitrogens is 4. The first-order valence-electron chi connectivity index (χ1n) is 9.18. The molecule has 0 N–H and O–H groups in total. The highest BCUT2D eigenvalue weighted by atomic mass is 15.2. The van der Waals surface area contributed by atoms with Gasteiger partial charge in [0.15, 0.2) is 5.82 Å². The average molecular weight is 354 g/mol. The summed E-state index contributed by atoms with van der Waals surface area (Å²) in [5.74, 6) is 0.770. The van der Waals surface area contributed by atoms with Crippen molar-refractivity contribution in [1.29, 1.82) is 0 Å². The maximum Gasteiger partial charge on any atom is 0.159 e. The Bertz CT molecular complexity index is 1000. The zero-order valence-electron chi connectivity index (χ0n) is 15.4. The molecule has 27 heavy (non-hydrogen) atoms. The molecule has 0 saturated heterocycles. The minimum absolute atomic E-state index is 0.770. The summed E-state index contributed by atoms with van der Waals surface area (Å²) in [5, 5.41) is 4.23.